The molecule has 0 bridgehead atoms. The number of aromatic amines is 1. The van der Waals surface area contributed by atoms with Crippen LogP contribution in [0.3, 0.4) is 0 Å². The summed E-state index contributed by atoms with van der Waals surface area (Å²) in [5, 5.41) is 4.24. The number of H-pyrrole nitrogens is 1. The zero-order valence-corrected chi connectivity index (χ0v) is 13.0. The van der Waals surface area contributed by atoms with E-state index >= 15 is 0 Å². The van der Waals surface area contributed by atoms with Gasteiger partial charge in [0.1, 0.15) is 22.5 Å². The Bertz CT molecular complexity index is 700. The molecule has 112 valence electrons. The van der Waals surface area contributed by atoms with Crippen LogP contribution in [0.25, 0.3) is 0 Å². The van der Waals surface area contributed by atoms with Crippen molar-refractivity contribution in [2.24, 2.45) is 0 Å². The van der Waals surface area contributed by atoms with Gasteiger partial charge in [-0.3, -0.25) is 4.79 Å². The van der Waals surface area contributed by atoms with Crippen molar-refractivity contribution >= 4 is 23.4 Å². The third-order valence-electron chi connectivity index (χ3n) is 2.79. The van der Waals surface area contributed by atoms with E-state index in [0.717, 1.165) is 35.1 Å². The maximum Gasteiger partial charge on any atom is 0.253 e. The summed E-state index contributed by atoms with van der Waals surface area (Å²) in [7, 11) is 1.82. The van der Waals surface area contributed by atoms with Crippen molar-refractivity contribution in [1.82, 2.24) is 19.9 Å². The summed E-state index contributed by atoms with van der Waals surface area (Å²) in [5.74, 6) is 1.74. The molecular formula is C13H18N6OS. The normalized spacial score (nSPS) is 10.6. The van der Waals surface area contributed by atoms with Gasteiger partial charge in [0.2, 0.25) is 0 Å². The summed E-state index contributed by atoms with van der Waals surface area (Å²) in [5.41, 5.74) is 6.23. The lowest BCUT2D eigenvalue weighted by atomic mass is 10.3. The van der Waals surface area contributed by atoms with Gasteiger partial charge in [0.05, 0.1) is 0 Å². The fourth-order valence-electron chi connectivity index (χ4n) is 1.81. The first-order chi connectivity index (χ1) is 10.0. The maximum atomic E-state index is 11.4. The molecule has 2 aromatic rings. The topological polar surface area (TPSA) is 110 Å². The summed E-state index contributed by atoms with van der Waals surface area (Å²) >= 11 is 1.27. The molecule has 4 N–H and O–H groups in total. The van der Waals surface area contributed by atoms with Gasteiger partial charge in [0.15, 0.2) is 5.16 Å². The molecule has 0 radical (unpaired) electrons. The van der Waals surface area contributed by atoms with Gasteiger partial charge in [0, 0.05) is 25.1 Å². The largest absolute Gasteiger partial charge is 0.383 e. The Morgan fingerprint density at radius 3 is 2.76 bits per heavy atom. The third-order valence-corrected chi connectivity index (χ3v) is 3.77. The minimum atomic E-state index is -0.278. The molecule has 2 rings (SSSR count). The van der Waals surface area contributed by atoms with Crippen LogP contribution in [0.2, 0.25) is 0 Å². The van der Waals surface area contributed by atoms with Gasteiger partial charge in [-0.15, -0.1) is 0 Å². The molecular weight excluding hydrogens is 288 g/mol. The van der Waals surface area contributed by atoms with Gasteiger partial charge in [0.25, 0.3) is 5.56 Å². The van der Waals surface area contributed by atoms with E-state index in [1.165, 1.54) is 17.8 Å². The standard InChI is InChI=1S/C13H18N6OS/c1-4-5-9-17-11(15-3)7(2)12(18-9)21-13-16-8(14)6-10(20)19-13/h6H,4-5H2,1-3H3,(H,15,17,18)(H3,14,16,19,20). The number of nitrogen functional groups attached to an aromatic ring is 1. The van der Waals surface area contributed by atoms with E-state index in [4.69, 9.17) is 5.73 Å². The van der Waals surface area contributed by atoms with E-state index in [1.807, 2.05) is 14.0 Å². The van der Waals surface area contributed by atoms with Gasteiger partial charge >= 0.3 is 0 Å². The van der Waals surface area contributed by atoms with Crippen molar-refractivity contribution in [2.75, 3.05) is 18.1 Å². The van der Waals surface area contributed by atoms with Crippen molar-refractivity contribution in [2.45, 2.75) is 36.9 Å². The lowest BCUT2D eigenvalue weighted by molar-refractivity contribution is 0.802. The molecule has 0 aliphatic rings. The first-order valence-electron chi connectivity index (χ1n) is 6.63. The number of rotatable bonds is 5. The fourth-order valence-corrected chi connectivity index (χ4v) is 2.70. The molecule has 2 heterocycles. The van der Waals surface area contributed by atoms with Gasteiger partial charge < -0.3 is 16.0 Å². The fraction of sp³-hybridized carbons (Fsp3) is 0.385. The van der Waals surface area contributed by atoms with Crippen molar-refractivity contribution in [3.8, 4) is 0 Å². The Hall–Kier alpha value is -2.09. The third kappa shape index (κ3) is 3.72. The van der Waals surface area contributed by atoms with Gasteiger partial charge in [-0.25, -0.2) is 15.0 Å². The second kappa shape index (κ2) is 6.57. The van der Waals surface area contributed by atoms with Gasteiger partial charge in [-0.2, -0.15) is 0 Å². The number of aryl methyl sites for hydroxylation is 1. The number of hydrogen-bond donors (Lipinski definition) is 3. The Labute approximate surface area is 126 Å². The highest BCUT2D eigenvalue weighted by atomic mass is 32.2. The molecule has 0 spiro atoms. The van der Waals surface area contributed by atoms with Crippen LogP contribution in [0.1, 0.15) is 24.7 Å². The second-order valence-corrected chi connectivity index (χ2v) is 5.47. The van der Waals surface area contributed by atoms with E-state index in [-0.39, 0.29) is 11.4 Å². The quantitative estimate of drug-likeness (QED) is 0.568. The van der Waals surface area contributed by atoms with Crippen molar-refractivity contribution in [3.63, 3.8) is 0 Å². The second-order valence-electron chi connectivity index (χ2n) is 4.50. The lowest BCUT2D eigenvalue weighted by Gasteiger charge is -2.11. The van der Waals surface area contributed by atoms with Crippen molar-refractivity contribution in [3.05, 3.63) is 27.8 Å². The monoisotopic (exact) mass is 306 g/mol. The summed E-state index contributed by atoms with van der Waals surface area (Å²) < 4.78 is 0. The van der Waals surface area contributed by atoms with E-state index in [0.29, 0.717) is 5.16 Å². The lowest BCUT2D eigenvalue weighted by Crippen LogP contribution is -2.10. The number of aromatic nitrogens is 4. The zero-order chi connectivity index (χ0) is 15.4. The Morgan fingerprint density at radius 2 is 2.14 bits per heavy atom. The SMILES string of the molecule is CCCc1nc(NC)c(C)c(Sc2nc(N)cc(=O)[nH]2)n1. The van der Waals surface area contributed by atoms with E-state index in [1.54, 1.807) is 0 Å². The summed E-state index contributed by atoms with van der Waals surface area (Å²) in [6.45, 7) is 4.00. The van der Waals surface area contributed by atoms with Crippen molar-refractivity contribution < 1.29 is 0 Å². The van der Waals surface area contributed by atoms with Crippen LogP contribution in [-0.2, 0) is 6.42 Å². The Morgan fingerprint density at radius 1 is 1.38 bits per heavy atom. The minimum absolute atomic E-state index is 0.190. The van der Waals surface area contributed by atoms with Crippen LogP contribution in [-0.4, -0.2) is 27.0 Å². The number of nitrogens with one attached hydrogen (secondary N) is 2. The predicted octanol–water partition coefficient (Wildman–Crippen LogP) is 1.60. The van der Waals surface area contributed by atoms with E-state index in [9.17, 15) is 4.79 Å². The van der Waals surface area contributed by atoms with E-state index < -0.39 is 0 Å². The molecule has 0 atom stereocenters. The molecule has 0 saturated carbocycles. The van der Waals surface area contributed by atoms with Gasteiger partial charge in [-0.05, 0) is 25.1 Å². The molecule has 0 saturated heterocycles. The molecule has 0 aliphatic carbocycles. The molecule has 21 heavy (non-hydrogen) atoms. The van der Waals surface area contributed by atoms with Crippen LogP contribution < -0.4 is 16.6 Å². The van der Waals surface area contributed by atoms with Crippen LogP contribution in [0.15, 0.2) is 21.0 Å². The average molecular weight is 306 g/mol. The van der Waals surface area contributed by atoms with Crippen LogP contribution >= 0.6 is 11.8 Å². The highest BCUT2D eigenvalue weighted by molar-refractivity contribution is 7.99. The zero-order valence-electron chi connectivity index (χ0n) is 12.2. The smallest absolute Gasteiger partial charge is 0.253 e. The number of nitrogens with zero attached hydrogens (tertiary/aromatic N) is 3. The highest BCUT2D eigenvalue weighted by Crippen LogP contribution is 2.29. The first kappa shape index (κ1) is 15.3. The highest BCUT2D eigenvalue weighted by Gasteiger charge is 2.12. The number of anilines is 2. The molecule has 0 aliphatic heterocycles. The Balaban J connectivity index is 2.42. The molecule has 0 aromatic carbocycles. The number of nitrogens with two attached hydrogens (primary N) is 1. The molecule has 0 unspecified atom stereocenters. The summed E-state index contributed by atoms with van der Waals surface area (Å²) in [6.07, 6.45) is 1.76. The average Bonchev–Trinajstić information content (AvgIpc) is 2.41. The maximum absolute atomic E-state index is 11.4. The van der Waals surface area contributed by atoms with Crippen LogP contribution in [0, 0.1) is 6.92 Å². The molecule has 0 amide bonds. The van der Waals surface area contributed by atoms with Crippen molar-refractivity contribution in [1.29, 1.82) is 0 Å². The molecule has 0 fully saturated rings. The minimum Gasteiger partial charge on any atom is -0.383 e. The number of hydrogen-bond acceptors (Lipinski definition) is 7. The summed E-state index contributed by atoms with van der Waals surface area (Å²) in [6, 6.07) is 1.25. The summed E-state index contributed by atoms with van der Waals surface area (Å²) in [4.78, 5) is 27.2. The van der Waals surface area contributed by atoms with Gasteiger partial charge in [-0.1, -0.05) is 6.92 Å². The first-order valence-corrected chi connectivity index (χ1v) is 7.45. The van der Waals surface area contributed by atoms with Crippen LogP contribution in [0.5, 0.6) is 0 Å². The molecule has 2 aromatic heterocycles. The Kier molecular flexibility index (Phi) is 4.79. The van der Waals surface area contributed by atoms with Crippen LogP contribution in [0.4, 0.5) is 11.6 Å². The molecule has 7 nitrogen and oxygen atoms in total. The molecule has 8 heteroatoms. The van der Waals surface area contributed by atoms with E-state index in [2.05, 4.69) is 32.2 Å². The predicted molar refractivity (Wildman–Crippen MR) is 83.7 cm³/mol.